The monoisotopic (exact) mass is 199 g/mol. The van der Waals surface area contributed by atoms with Crippen LogP contribution in [0, 0.1) is 5.41 Å². The van der Waals surface area contributed by atoms with E-state index in [2.05, 4.69) is 5.32 Å². The first-order valence-corrected chi connectivity index (χ1v) is 4.83. The second-order valence-electron chi connectivity index (χ2n) is 4.36. The van der Waals surface area contributed by atoms with Gasteiger partial charge in [0.25, 0.3) is 0 Å². The Bertz CT molecular complexity index is 214. The lowest BCUT2D eigenvalue weighted by Crippen LogP contribution is -2.22. The molecule has 0 spiro atoms. The predicted molar refractivity (Wildman–Crippen MR) is 58.1 cm³/mol. The van der Waals surface area contributed by atoms with Gasteiger partial charge in [-0.1, -0.05) is 20.8 Å². The first kappa shape index (κ1) is 13.2. The van der Waals surface area contributed by atoms with Gasteiger partial charge in [-0.25, -0.2) is 0 Å². The van der Waals surface area contributed by atoms with E-state index >= 15 is 0 Å². The number of allylic oxidation sites excluding steroid dienone is 2. The Labute approximate surface area is 86.5 Å². The van der Waals surface area contributed by atoms with Gasteiger partial charge in [0, 0.05) is 30.8 Å². The van der Waals surface area contributed by atoms with Gasteiger partial charge in [-0.2, -0.15) is 0 Å². The molecule has 0 aromatic heterocycles. The second-order valence-corrected chi connectivity index (χ2v) is 4.36. The average molecular weight is 199 g/mol. The minimum absolute atomic E-state index is 0.139. The van der Waals surface area contributed by atoms with Crippen LogP contribution in [0.15, 0.2) is 11.8 Å². The molecule has 0 aliphatic heterocycles. The van der Waals surface area contributed by atoms with Gasteiger partial charge < -0.3 is 10.1 Å². The van der Waals surface area contributed by atoms with Crippen molar-refractivity contribution in [2.24, 2.45) is 5.41 Å². The van der Waals surface area contributed by atoms with Crippen LogP contribution in [-0.4, -0.2) is 26.0 Å². The third kappa shape index (κ3) is 5.75. The maximum atomic E-state index is 11.6. The lowest BCUT2D eigenvalue weighted by Gasteiger charge is -2.14. The predicted octanol–water partition coefficient (Wildman–Crippen LogP) is 1.74. The number of carbonyl (C=O) groups excluding carboxylic acids is 1. The van der Waals surface area contributed by atoms with Gasteiger partial charge in [0.15, 0.2) is 5.78 Å². The van der Waals surface area contributed by atoms with Crippen LogP contribution < -0.4 is 5.32 Å². The summed E-state index contributed by atoms with van der Waals surface area (Å²) in [6, 6.07) is 0. The summed E-state index contributed by atoms with van der Waals surface area (Å²) in [7, 11) is 1.65. The molecule has 0 radical (unpaired) electrons. The average Bonchev–Trinajstić information content (AvgIpc) is 2.03. The van der Waals surface area contributed by atoms with Crippen molar-refractivity contribution in [3.63, 3.8) is 0 Å². The maximum Gasteiger partial charge on any atom is 0.162 e. The van der Waals surface area contributed by atoms with E-state index in [1.54, 1.807) is 13.2 Å². The van der Waals surface area contributed by atoms with Crippen molar-refractivity contribution in [2.75, 3.05) is 20.3 Å². The zero-order valence-corrected chi connectivity index (χ0v) is 9.81. The molecule has 0 atom stereocenters. The minimum Gasteiger partial charge on any atom is -0.386 e. The smallest absolute Gasteiger partial charge is 0.162 e. The van der Waals surface area contributed by atoms with Crippen molar-refractivity contribution in [1.82, 2.24) is 5.32 Å². The fourth-order valence-electron chi connectivity index (χ4n) is 0.814. The van der Waals surface area contributed by atoms with E-state index in [-0.39, 0.29) is 11.2 Å². The SMILES string of the molecule is COCCN/C(C)=C\C(=O)C(C)(C)C. The van der Waals surface area contributed by atoms with Crippen LogP contribution in [0.4, 0.5) is 0 Å². The molecule has 14 heavy (non-hydrogen) atoms. The molecule has 0 bridgehead atoms. The Hall–Kier alpha value is -0.830. The molecular formula is C11H21NO2. The lowest BCUT2D eigenvalue weighted by atomic mass is 9.90. The molecule has 0 aliphatic rings. The van der Waals surface area contributed by atoms with Gasteiger partial charge in [0.05, 0.1) is 6.61 Å². The van der Waals surface area contributed by atoms with Gasteiger partial charge in [0.2, 0.25) is 0 Å². The molecule has 3 nitrogen and oxygen atoms in total. The summed E-state index contributed by atoms with van der Waals surface area (Å²) in [5, 5.41) is 3.10. The van der Waals surface area contributed by atoms with E-state index in [9.17, 15) is 4.79 Å². The number of hydrogen-bond donors (Lipinski definition) is 1. The number of methoxy groups -OCH3 is 1. The Morgan fingerprint density at radius 1 is 1.43 bits per heavy atom. The van der Waals surface area contributed by atoms with E-state index in [1.165, 1.54) is 0 Å². The van der Waals surface area contributed by atoms with Crippen LogP contribution in [0.3, 0.4) is 0 Å². The molecule has 0 saturated carbocycles. The summed E-state index contributed by atoms with van der Waals surface area (Å²) >= 11 is 0. The summed E-state index contributed by atoms with van der Waals surface area (Å²) in [5.41, 5.74) is 0.589. The van der Waals surface area contributed by atoms with Crippen LogP contribution in [0.5, 0.6) is 0 Å². The molecule has 0 unspecified atom stereocenters. The summed E-state index contributed by atoms with van der Waals surface area (Å²) in [5.74, 6) is 0.139. The third-order valence-electron chi connectivity index (χ3n) is 1.80. The topological polar surface area (TPSA) is 38.3 Å². The summed E-state index contributed by atoms with van der Waals surface area (Å²) < 4.78 is 4.89. The highest BCUT2D eigenvalue weighted by molar-refractivity contribution is 5.94. The van der Waals surface area contributed by atoms with Gasteiger partial charge >= 0.3 is 0 Å². The third-order valence-corrected chi connectivity index (χ3v) is 1.80. The molecule has 0 aliphatic carbocycles. The van der Waals surface area contributed by atoms with Crippen LogP contribution in [0.25, 0.3) is 0 Å². The molecule has 0 rings (SSSR count). The Morgan fingerprint density at radius 2 is 2.00 bits per heavy atom. The van der Waals surface area contributed by atoms with E-state index in [1.807, 2.05) is 27.7 Å². The highest BCUT2D eigenvalue weighted by atomic mass is 16.5. The summed E-state index contributed by atoms with van der Waals surface area (Å²) in [6.07, 6.45) is 1.65. The number of hydrogen-bond acceptors (Lipinski definition) is 3. The normalized spacial score (nSPS) is 12.8. The minimum atomic E-state index is -0.301. The van der Waals surface area contributed by atoms with E-state index in [0.29, 0.717) is 6.61 Å². The molecule has 3 heteroatoms. The van der Waals surface area contributed by atoms with Crippen LogP contribution in [0.2, 0.25) is 0 Å². The van der Waals surface area contributed by atoms with Crippen molar-refractivity contribution >= 4 is 5.78 Å². The second kappa shape index (κ2) is 5.81. The molecule has 0 amide bonds. The first-order valence-electron chi connectivity index (χ1n) is 4.83. The highest BCUT2D eigenvalue weighted by Crippen LogP contribution is 2.15. The Kier molecular flexibility index (Phi) is 5.46. The van der Waals surface area contributed by atoms with E-state index < -0.39 is 0 Å². The summed E-state index contributed by atoms with van der Waals surface area (Å²) in [4.78, 5) is 11.6. The molecule has 0 heterocycles. The van der Waals surface area contributed by atoms with Crippen LogP contribution >= 0.6 is 0 Å². The van der Waals surface area contributed by atoms with Crippen molar-refractivity contribution in [2.45, 2.75) is 27.7 Å². The number of nitrogens with one attached hydrogen (secondary N) is 1. The van der Waals surface area contributed by atoms with Gasteiger partial charge in [-0.05, 0) is 6.92 Å². The van der Waals surface area contributed by atoms with E-state index in [4.69, 9.17) is 4.74 Å². The molecule has 82 valence electrons. The van der Waals surface area contributed by atoms with Gasteiger partial charge in [-0.15, -0.1) is 0 Å². The number of rotatable bonds is 5. The molecule has 0 aromatic rings. The zero-order chi connectivity index (χ0) is 11.2. The highest BCUT2D eigenvalue weighted by Gasteiger charge is 2.18. The van der Waals surface area contributed by atoms with Crippen molar-refractivity contribution in [3.8, 4) is 0 Å². The lowest BCUT2D eigenvalue weighted by molar-refractivity contribution is -0.121. The van der Waals surface area contributed by atoms with E-state index in [0.717, 1.165) is 12.2 Å². The number of ketones is 1. The first-order chi connectivity index (χ1) is 6.38. The summed E-state index contributed by atoms with van der Waals surface area (Å²) in [6.45, 7) is 9.00. The zero-order valence-electron chi connectivity index (χ0n) is 9.81. The van der Waals surface area contributed by atoms with Gasteiger partial charge in [-0.3, -0.25) is 4.79 Å². The van der Waals surface area contributed by atoms with Crippen molar-refractivity contribution in [3.05, 3.63) is 11.8 Å². The molecule has 0 fully saturated rings. The quantitative estimate of drug-likeness (QED) is 0.541. The number of ether oxygens (including phenoxy) is 1. The number of carbonyl (C=O) groups is 1. The molecule has 0 aromatic carbocycles. The van der Waals surface area contributed by atoms with Crippen molar-refractivity contribution in [1.29, 1.82) is 0 Å². The van der Waals surface area contributed by atoms with Gasteiger partial charge in [0.1, 0.15) is 0 Å². The van der Waals surface area contributed by atoms with Crippen LogP contribution in [0.1, 0.15) is 27.7 Å². The molecule has 1 N–H and O–H groups in total. The molecular weight excluding hydrogens is 178 g/mol. The fraction of sp³-hybridized carbons (Fsp3) is 0.727. The standard InChI is InChI=1S/C11H21NO2/c1-9(12-6-7-14-5)8-10(13)11(2,3)4/h8,12H,6-7H2,1-5H3/b9-8-. The van der Waals surface area contributed by atoms with Crippen LogP contribution in [-0.2, 0) is 9.53 Å². The Morgan fingerprint density at radius 3 is 2.43 bits per heavy atom. The van der Waals surface area contributed by atoms with Crippen molar-refractivity contribution < 1.29 is 9.53 Å². The molecule has 0 saturated heterocycles. The largest absolute Gasteiger partial charge is 0.386 e. The Balaban J connectivity index is 4.04. The fourth-order valence-corrected chi connectivity index (χ4v) is 0.814. The maximum absolute atomic E-state index is 11.6.